The van der Waals surface area contributed by atoms with Gasteiger partial charge in [0.2, 0.25) is 5.43 Å². The maximum Gasteiger partial charge on any atom is 0.259 e. The molecule has 2 saturated heterocycles. The van der Waals surface area contributed by atoms with Gasteiger partial charge in [0, 0.05) is 41.8 Å². The lowest BCUT2D eigenvalue weighted by atomic mass is 9.95. The second-order valence-corrected chi connectivity index (χ2v) is 8.10. The van der Waals surface area contributed by atoms with Crippen molar-refractivity contribution in [3.8, 4) is 0 Å². The molecular formula is C22H29N3O2. The number of pyridine rings is 1. The van der Waals surface area contributed by atoms with E-state index in [-0.39, 0.29) is 22.9 Å². The van der Waals surface area contributed by atoms with Gasteiger partial charge in [-0.3, -0.25) is 9.59 Å². The first-order valence-electron chi connectivity index (χ1n) is 10.2. The monoisotopic (exact) mass is 367 g/mol. The molecule has 3 heterocycles. The van der Waals surface area contributed by atoms with Crippen LogP contribution in [0.1, 0.15) is 55.8 Å². The lowest BCUT2D eigenvalue weighted by Crippen LogP contribution is -2.51. The van der Waals surface area contributed by atoms with Gasteiger partial charge >= 0.3 is 0 Å². The van der Waals surface area contributed by atoms with Crippen LogP contribution in [0.3, 0.4) is 0 Å². The van der Waals surface area contributed by atoms with Crippen LogP contribution in [0, 0.1) is 0 Å². The second-order valence-electron chi connectivity index (χ2n) is 8.10. The van der Waals surface area contributed by atoms with E-state index in [1.54, 1.807) is 12.3 Å². The number of nitrogens with one attached hydrogen (secondary N) is 1. The third-order valence-corrected chi connectivity index (χ3v) is 6.55. The fourth-order valence-corrected chi connectivity index (χ4v) is 4.90. The van der Waals surface area contributed by atoms with Crippen molar-refractivity contribution < 1.29 is 4.79 Å². The van der Waals surface area contributed by atoms with E-state index in [1.165, 1.54) is 12.8 Å². The predicted octanol–water partition coefficient (Wildman–Crippen LogP) is 3.40. The van der Waals surface area contributed by atoms with E-state index in [0.29, 0.717) is 17.5 Å². The van der Waals surface area contributed by atoms with Crippen LogP contribution in [0.15, 0.2) is 35.3 Å². The van der Waals surface area contributed by atoms with Gasteiger partial charge in [-0.1, -0.05) is 25.5 Å². The quantitative estimate of drug-likeness (QED) is 0.881. The minimum atomic E-state index is -0.160. The number of para-hydroxylation sites is 1. The van der Waals surface area contributed by atoms with E-state index >= 15 is 0 Å². The maximum atomic E-state index is 13.4. The smallest absolute Gasteiger partial charge is 0.259 e. The highest BCUT2D eigenvalue weighted by Crippen LogP contribution is 2.36. The molecule has 1 aromatic carbocycles. The van der Waals surface area contributed by atoms with Crippen molar-refractivity contribution in [3.05, 3.63) is 46.2 Å². The summed E-state index contributed by atoms with van der Waals surface area (Å²) in [5, 5.41) is 0.585. The van der Waals surface area contributed by atoms with Crippen LogP contribution in [0.2, 0.25) is 0 Å². The fraction of sp³-hybridized carbons (Fsp3) is 0.545. The van der Waals surface area contributed by atoms with E-state index in [2.05, 4.69) is 23.9 Å². The highest BCUT2D eigenvalue weighted by molar-refractivity contribution is 5.97. The number of fused-ring (bicyclic) bond motifs is 3. The molecule has 0 saturated carbocycles. The van der Waals surface area contributed by atoms with Crippen molar-refractivity contribution >= 4 is 16.8 Å². The second kappa shape index (κ2) is 7.47. The van der Waals surface area contributed by atoms with Gasteiger partial charge in [0.1, 0.15) is 5.56 Å². The van der Waals surface area contributed by atoms with Gasteiger partial charge in [0.25, 0.3) is 5.91 Å². The lowest BCUT2D eigenvalue weighted by molar-refractivity contribution is 0.0479. The van der Waals surface area contributed by atoms with Gasteiger partial charge in [-0.05, 0) is 51.3 Å². The van der Waals surface area contributed by atoms with E-state index in [9.17, 15) is 9.59 Å². The number of H-pyrrole nitrogens is 1. The molecule has 1 amide bonds. The Morgan fingerprint density at radius 1 is 1.22 bits per heavy atom. The number of unbranched alkanes of at least 4 members (excludes halogenated alkanes) is 1. The average Bonchev–Trinajstić information content (AvgIpc) is 2.89. The summed E-state index contributed by atoms with van der Waals surface area (Å²) in [6, 6.07) is 8.77. The van der Waals surface area contributed by atoms with Crippen LogP contribution < -0.4 is 5.43 Å². The van der Waals surface area contributed by atoms with Crippen LogP contribution in [0.4, 0.5) is 0 Å². The molecule has 2 aromatic rings. The van der Waals surface area contributed by atoms with Gasteiger partial charge in [-0.25, -0.2) is 0 Å². The molecule has 2 unspecified atom stereocenters. The third kappa shape index (κ3) is 3.29. The molecule has 4 rings (SSSR count). The number of rotatable bonds is 5. The third-order valence-electron chi connectivity index (χ3n) is 6.55. The Morgan fingerprint density at radius 2 is 1.93 bits per heavy atom. The molecular weight excluding hydrogens is 338 g/mol. The molecule has 5 nitrogen and oxygen atoms in total. The summed E-state index contributed by atoms with van der Waals surface area (Å²) in [5.41, 5.74) is 0.888. The SMILES string of the molecule is CCCCN(C(=O)c1c[nH]c2ccccc2c1=O)C1CC2CCC(C1)N2C. The zero-order chi connectivity index (χ0) is 19.0. The molecule has 2 fully saturated rings. The van der Waals surface area contributed by atoms with Gasteiger partial charge in [-0.2, -0.15) is 0 Å². The number of hydrogen-bond acceptors (Lipinski definition) is 3. The number of benzene rings is 1. The van der Waals surface area contributed by atoms with Crippen molar-refractivity contribution in [3.63, 3.8) is 0 Å². The number of piperidine rings is 1. The number of amides is 1. The highest BCUT2D eigenvalue weighted by Gasteiger charge is 2.41. The Balaban J connectivity index is 1.65. The molecule has 2 atom stereocenters. The zero-order valence-corrected chi connectivity index (χ0v) is 16.3. The summed E-state index contributed by atoms with van der Waals surface area (Å²) >= 11 is 0. The minimum Gasteiger partial charge on any atom is -0.360 e. The summed E-state index contributed by atoms with van der Waals surface area (Å²) in [6.45, 7) is 2.87. The van der Waals surface area contributed by atoms with E-state index in [4.69, 9.17) is 0 Å². The van der Waals surface area contributed by atoms with Crippen LogP contribution in [0.5, 0.6) is 0 Å². The summed E-state index contributed by atoms with van der Waals surface area (Å²) in [4.78, 5) is 34.0. The Kier molecular flexibility index (Phi) is 5.04. The van der Waals surface area contributed by atoms with Gasteiger partial charge in [0.05, 0.1) is 0 Å². The normalized spacial score (nSPS) is 25.0. The van der Waals surface area contributed by atoms with E-state index in [1.807, 2.05) is 23.1 Å². The van der Waals surface area contributed by atoms with Crippen molar-refractivity contribution in [1.82, 2.24) is 14.8 Å². The number of aromatic amines is 1. The molecule has 2 bridgehead atoms. The number of aromatic nitrogens is 1. The van der Waals surface area contributed by atoms with Gasteiger partial charge < -0.3 is 14.8 Å². The van der Waals surface area contributed by atoms with E-state index in [0.717, 1.165) is 37.7 Å². The van der Waals surface area contributed by atoms with Crippen molar-refractivity contribution in [1.29, 1.82) is 0 Å². The first-order chi connectivity index (χ1) is 13.1. The van der Waals surface area contributed by atoms with Crippen LogP contribution in [0.25, 0.3) is 10.9 Å². The fourth-order valence-electron chi connectivity index (χ4n) is 4.90. The molecule has 1 N–H and O–H groups in total. The molecule has 1 aromatic heterocycles. The van der Waals surface area contributed by atoms with Crippen molar-refractivity contribution in [2.45, 2.75) is 63.6 Å². The molecule has 144 valence electrons. The van der Waals surface area contributed by atoms with Gasteiger partial charge in [0.15, 0.2) is 0 Å². The molecule has 0 aliphatic carbocycles. The molecule has 0 radical (unpaired) electrons. The van der Waals surface area contributed by atoms with Crippen LogP contribution >= 0.6 is 0 Å². The standard InChI is InChI=1S/C22H29N3O2/c1-3-4-11-25(17-12-15-9-10-16(13-17)24(15)2)22(27)19-14-23-20-8-6-5-7-18(20)21(19)26/h5-8,14-17H,3-4,9-13H2,1-2H3,(H,23,26). The summed E-state index contributed by atoms with van der Waals surface area (Å²) < 4.78 is 0. The maximum absolute atomic E-state index is 13.4. The van der Waals surface area contributed by atoms with Crippen LogP contribution in [-0.4, -0.2) is 52.4 Å². The average molecular weight is 367 g/mol. The summed E-state index contributed by atoms with van der Waals surface area (Å²) in [7, 11) is 2.21. The Morgan fingerprint density at radius 3 is 2.63 bits per heavy atom. The van der Waals surface area contributed by atoms with Crippen LogP contribution in [-0.2, 0) is 0 Å². The predicted molar refractivity (Wildman–Crippen MR) is 108 cm³/mol. The van der Waals surface area contributed by atoms with Crippen molar-refractivity contribution in [2.75, 3.05) is 13.6 Å². The number of nitrogens with zero attached hydrogens (tertiary/aromatic N) is 2. The zero-order valence-electron chi connectivity index (χ0n) is 16.3. The first kappa shape index (κ1) is 18.2. The largest absolute Gasteiger partial charge is 0.360 e. The number of carbonyl (C=O) groups excluding carboxylic acids is 1. The molecule has 2 aliphatic heterocycles. The minimum absolute atomic E-state index is 0.107. The summed E-state index contributed by atoms with van der Waals surface area (Å²) in [5.74, 6) is -0.107. The Bertz CT molecular complexity index is 877. The first-order valence-corrected chi connectivity index (χ1v) is 10.2. The van der Waals surface area contributed by atoms with E-state index < -0.39 is 0 Å². The molecule has 27 heavy (non-hydrogen) atoms. The van der Waals surface area contributed by atoms with Gasteiger partial charge in [-0.15, -0.1) is 0 Å². The Hall–Kier alpha value is -2.14. The topological polar surface area (TPSA) is 56.4 Å². The Labute approximate surface area is 160 Å². The highest BCUT2D eigenvalue weighted by atomic mass is 16.2. The lowest BCUT2D eigenvalue weighted by Gasteiger charge is -2.41. The van der Waals surface area contributed by atoms with Crippen molar-refractivity contribution in [2.24, 2.45) is 0 Å². The molecule has 0 spiro atoms. The number of carbonyl (C=O) groups is 1. The summed E-state index contributed by atoms with van der Waals surface area (Å²) in [6.07, 6.45) is 8.11. The number of hydrogen-bond donors (Lipinski definition) is 1. The molecule has 5 heteroatoms. The molecule has 2 aliphatic rings.